The predicted molar refractivity (Wildman–Crippen MR) is 93.3 cm³/mol. The van der Waals surface area contributed by atoms with Crippen molar-refractivity contribution >= 4 is 17.4 Å². The zero-order valence-electron chi connectivity index (χ0n) is 14.1. The highest BCUT2D eigenvalue weighted by Gasteiger charge is 2.45. The molecule has 134 valence electrons. The van der Waals surface area contributed by atoms with Crippen LogP contribution in [0.5, 0.6) is 5.75 Å². The minimum atomic E-state index is -0.807. The van der Waals surface area contributed by atoms with Gasteiger partial charge in [0.25, 0.3) is 11.7 Å². The summed E-state index contributed by atoms with van der Waals surface area (Å²) in [7, 11) is 1.53. The normalized spacial score (nSPS) is 19.0. The summed E-state index contributed by atoms with van der Waals surface area (Å²) in [6.07, 6.45) is 3.10. The minimum absolute atomic E-state index is 0.0243. The Balaban J connectivity index is 2.14. The van der Waals surface area contributed by atoms with Crippen molar-refractivity contribution in [1.29, 1.82) is 0 Å². The smallest absolute Gasteiger partial charge is 0.295 e. The zero-order chi connectivity index (χ0) is 18.7. The van der Waals surface area contributed by atoms with Crippen LogP contribution in [0.3, 0.4) is 0 Å². The molecule has 1 aliphatic rings. The summed E-state index contributed by atoms with van der Waals surface area (Å²) in [5.74, 6) is -1.23. The summed E-state index contributed by atoms with van der Waals surface area (Å²) in [5.41, 5.74) is 0.943. The number of pyridine rings is 1. The van der Waals surface area contributed by atoms with Gasteiger partial charge in [0, 0.05) is 24.5 Å². The molecule has 7 heteroatoms. The van der Waals surface area contributed by atoms with Crippen molar-refractivity contribution < 1.29 is 24.5 Å². The summed E-state index contributed by atoms with van der Waals surface area (Å²) in [6.45, 7) is -0.324. The maximum Gasteiger partial charge on any atom is 0.295 e. The number of likely N-dealkylation sites (tertiary alicyclic amines) is 1. The van der Waals surface area contributed by atoms with Crippen molar-refractivity contribution in [3.8, 4) is 5.75 Å². The molecular weight excluding hydrogens is 336 g/mol. The van der Waals surface area contributed by atoms with Crippen LogP contribution in [-0.4, -0.2) is 52.0 Å². The molecule has 7 nitrogen and oxygen atoms in total. The Kier molecular flexibility index (Phi) is 4.99. The Labute approximate surface area is 150 Å². The topological polar surface area (TPSA) is 100.0 Å². The number of amides is 1. The number of hydrogen-bond donors (Lipinski definition) is 2. The summed E-state index contributed by atoms with van der Waals surface area (Å²) < 4.78 is 5.09. The number of rotatable bonds is 5. The van der Waals surface area contributed by atoms with E-state index in [0.717, 1.165) is 0 Å². The third-order valence-electron chi connectivity index (χ3n) is 4.24. The van der Waals surface area contributed by atoms with Crippen molar-refractivity contribution in [3.63, 3.8) is 0 Å². The van der Waals surface area contributed by atoms with Gasteiger partial charge in [-0.05, 0) is 35.9 Å². The van der Waals surface area contributed by atoms with E-state index in [1.165, 1.54) is 18.2 Å². The maximum absolute atomic E-state index is 12.6. The highest BCUT2D eigenvalue weighted by Crippen LogP contribution is 2.38. The highest BCUT2D eigenvalue weighted by atomic mass is 16.5. The molecule has 0 aliphatic carbocycles. The number of aliphatic hydroxyl groups is 2. The van der Waals surface area contributed by atoms with E-state index >= 15 is 0 Å². The second-order valence-electron chi connectivity index (χ2n) is 5.73. The molecule has 2 aromatic rings. The van der Waals surface area contributed by atoms with Gasteiger partial charge in [-0.15, -0.1) is 0 Å². The Bertz CT molecular complexity index is 846. The Morgan fingerprint density at radius 1 is 1.23 bits per heavy atom. The molecule has 0 radical (unpaired) electrons. The number of methoxy groups -OCH3 is 1. The lowest BCUT2D eigenvalue weighted by atomic mass is 9.96. The first-order valence-corrected chi connectivity index (χ1v) is 8.02. The number of Topliss-reactive ketones (excluding diaryl/α,β-unsaturated/α-hetero) is 1. The van der Waals surface area contributed by atoms with Crippen LogP contribution in [0.25, 0.3) is 5.76 Å². The summed E-state index contributed by atoms with van der Waals surface area (Å²) in [4.78, 5) is 30.3. The Morgan fingerprint density at radius 2 is 1.96 bits per heavy atom. The number of β-amino-alcohol motifs (C(OH)–C–C–N with tert-alkyl or cyclic N) is 1. The van der Waals surface area contributed by atoms with E-state index in [4.69, 9.17) is 4.74 Å². The number of aromatic nitrogens is 1. The number of ketones is 1. The van der Waals surface area contributed by atoms with Crippen LogP contribution >= 0.6 is 0 Å². The van der Waals surface area contributed by atoms with Gasteiger partial charge in [0.15, 0.2) is 0 Å². The Morgan fingerprint density at radius 3 is 2.54 bits per heavy atom. The van der Waals surface area contributed by atoms with Crippen molar-refractivity contribution in [2.75, 3.05) is 20.3 Å². The molecule has 0 saturated carbocycles. The molecule has 2 heterocycles. The summed E-state index contributed by atoms with van der Waals surface area (Å²) >= 11 is 0. The first kappa shape index (κ1) is 17.6. The monoisotopic (exact) mass is 354 g/mol. The second-order valence-corrected chi connectivity index (χ2v) is 5.73. The van der Waals surface area contributed by atoms with E-state index in [2.05, 4.69) is 4.98 Å². The van der Waals surface area contributed by atoms with Crippen LogP contribution in [0.4, 0.5) is 0 Å². The van der Waals surface area contributed by atoms with Crippen LogP contribution < -0.4 is 4.74 Å². The fraction of sp³-hybridized carbons (Fsp3) is 0.211. The molecule has 1 saturated heterocycles. The SMILES string of the molecule is COc1ccc(/C(O)=C2\C(=O)C(=O)N(CCO)[C@@H]2c2cccnc2)cc1. The number of hydrogen-bond acceptors (Lipinski definition) is 6. The number of carbonyl (C=O) groups is 2. The van der Waals surface area contributed by atoms with E-state index in [1.807, 2.05) is 0 Å². The molecule has 2 N–H and O–H groups in total. The fourth-order valence-corrected chi connectivity index (χ4v) is 3.01. The van der Waals surface area contributed by atoms with E-state index in [1.54, 1.807) is 42.6 Å². The molecule has 0 spiro atoms. The molecule has 3 rings (SSSR count). The average Bonchev–Trinajstić information content (AvgIpc) is 2.93. The van der Waals surface area contributed by atoms with Crippen molar-refractivity contribution in [3.05, 3.63) is 65.5 Å². The molecule has 26 heavy (non-hydrogen) atoms. The Hall–Kier alpha value is -3.19. The number of nitrogens with zero attached hydrogens (tertiary/aromatic N) is 2. The molecule has 1 aromatic carbocycles. The standard InChI is InChI=1S/C19H18N2O5/c1-26-14-6-4-12(5-7-14)17(23)15-16(13-3-2-8-20-11-13)21(9-10-22)19(25)18(15)24/h2-8,11,16,22-23H,9-10H2,1H3/b17-15+/t16-/m1/s1. The lowest BCUT2D eigenvalue weighted by Crippen LogP contribution is -2.32. The second kappa shape index (κ2) is 7.37. The lowest BCUT2D eigenvalue weighted by Gasteiger charge is -2.24. The predicted octanol–water partition coefficient (Wildman–Crippen LogP) is 1.50. The van der Waals surface area contributed by atoms with E-state index in [0.29, 0.717) is 16.9 Å². The van der Waals surface area contributed by atoms with Crippen molar-refractivity contribution in [2.24, 2.45) is 0 Å². The first-order valence-electron chi connectivity index (χ1n) is 8.02. The number of aliphatic hydroxyl groups excluding tert-OH is 2. The molecule has 1 amide bonds. The van der Waals surface area contributed by atoms with E-state index in [9.17, 15) is 19.8 Å². The molecule has 1 aliphatic heterocycles. The van der Waals surface area contributed by atoms with Crippen LogP contribution in [0.1, 0.15) is 17.2 Å². The molecular formula is C19H18N2O5. The molecule has 0 bridgehead atoms. The van der Waals surface area contributed by atoms with Crippen LogP contribution in [0.15, 0.2) is 54.4 Å². The van der Waals surface area contributed by atoms with Gasteiger partial charge in [-0.25, -0.2) is 0 Å². The van der Waals surface area contributed by atoms with Crippen LogP contribution in [0, 0.1) is 0 Å². The van der Waals surface area contributed by atoms with Gasteiger partial charge in [0.2, 0.25) is 0 Å². The summed E-state index contributed by atoms with van der Waals surface area (Å²) in [5, 5.41) is 20.0. The van der Waals surface area contributed by atoms with E-state index in [-0.39, 0.29) is 24.5 Å². The van der Waals surface area contributed by atoms with Gasteiger partial charge in [-0.1, -0.05) is 6.07 Å². The van der Waals surface area contributed by atoms with Crippen molar-refractivity contribution in [1.82, 2.24) is 9.88 Å². The van der Waals surface area contributed by atoms with Crippen LogP contribution in [-0.2, 0) is 9.59 Å². The minimum Gasteiger partial charge on any atom is -0.507 e. The van der Waals surface area contributed by atoms with Crippen molar-refractivity contribution in [2.45, 2.75) is 6.04 Å². The largest absolute Gasteiger partial charge is 0.507 e. The zero-order valence-corrected chi connectivity index (χ0v) is 14.1. The maximum atomic E-state index is 12.6. The van der Waals surface area contributed by atoms with Crippen LogP contribution in [0.2, 0.25) is 0 Å². The molecule has 1 atom stereocenters. The number of carbonyl (C=O) groups excluding carboxylic acids is 2. The molecule has 0 unspecified atom stereocenters. The van der Waals surface area contributed by atoms with Gasteiger partial charge >= 0.3 is 0 Å². The average molecular weight is 354 g/mol. The number of benzene rings is 1. The fourth-order valence-electron chi connectivity index (χ4n) is 3.01. The lowest BCUT2D eigenvalue weighted by molar-refractivity contribution is -0.140. The highest BCUT2D eigenvalue weighted by molar-refractivity contribution is 6.46. The molecule has 1 fully saturated rings. The number of ether oxygens (including phenoxy) is 1. The first-order chi connectivity index (χ1) is 12.6. The summed E-state index contributed by atoms with van der Waals surface area (Å²) in [6, 6.07) is 9.10. The third-order valence-corrected chi connectivity index (χ3v) is 4.24. The quantitative estimate of drug-likeness (QED) is 0.480. The van der Waals surface area contributed by atoms with Gasteiger partial charge in [-0.2, -0.15) is 0 Å². The molecule has 1 aromatic heterocycles. The van der Waals surface area contributed by atoms with Gasteiger partial charge in [0.05, 0.1) is 25.3 Å². The van der Waals surface area contributed by atoms with Gasteiger partial charge < -0.3 is 19.8 Å². The van der Waals surface area contributed by atoms with E-state index < -0.39 is 17.7 Å². The van der Waals surface area contributed by atoms with Gasteiger partial charge in [0.1, 0.15) is 11.5 Å². The van der Waals surface area contributed by atoms with Gasteiger partial charge in [-0.3, -0.25) is 14.6 Å². The third kappa shape index (κ3) is 3.04.